The van der Waals surface area contributed by atoms with Gasteiger partial charge in [0.05, 0.1) is 18.4 Å². The van der Waals surface area contributed by atoms with E-state index in [-0.39, 0.29) is 5.97 Å². The van der Waals surface area contributed by atoms with Crippen LogP contribution in [0.3, 0.4) is 0 Å². The summed E-state index contributed by atoms with van der Waals surface area (Å²) in [5.41, 5.74) is 0.429. The summed E-state index contributed by atoms with van der Waals surface area (Å²) in [6, 6.07) is 0. The van der Waals surface area contributed by atoms with Crippen LogP contribution in [0.1, 0.15) is 84.5 Å². The number of unbranched alkanes of at least 4 members (excludes halogenated alkanes) is 6. The molecule has 26 heavy (non-hydrogen) atoms. The van der Waals surface area contributed by atoms with Gasteiger partial charge in [0, 0.05) is 5.57 Å². The molecule has 0 amide bonds. The molecule has 0 saturated heterocycles. The first kappa shape index (κ1) is 22.2. The van der Waals surface area contributed by atoms with Crippen LogP contribution in [0.15, 0.2) is 36.3 Å². The highest BCUT2D eigenvalue weighted by Crippen LogP contribution is 2.27. The van der Waals surface area contributed by atoms with Crippen LogP contribution in [-0.4, -0.2) is 11.9 Å². The predicted molar refractivity (Wildman–Crippen MR) is 104 cm³/mol. The van der Waals surface area contributed by atoms with Crippen LogP contribution in [0.4, 0.5) is 0 Å². The first-order chi connectivity index (χ1) is 12.7. The second kappa shape index (κ2) is 14.3. The van der Waals surface area contributed by atoms with E-state index in [1.165, 1.54) is 31.8 Å². The third-order valence-corrected chi connectivity index (χ3v) is 4.46. The Morgan fingerprint density at radius 1 is 1.00 bits per heavy atom. The Morgan fingerprint density at radius 3 is 2.23 bits per heavy atom. The summed E-state index contributed by atoms with van der Waals surface area (Å²) in [7, 11) is 0. The molecule has 0 fully saturated rings. The number of esters is 2. The van der Waals surface area contributed by atoms with Crippen molar-refractivity contribution in [2.45, 2.75) is 84.5 Å². The topological polar surface area (TPSA) is 52.6 Å². The molecule has 1 rings (SSSR count). The van der Waals surface area contributed by atoms with Crippen molar-refractivity contribution in [3.63, 3.8) is 0 Å². The van der Waals surface area contributed by atoms with Crippen molar-refractivity contribution in [1.82, 2.24) is 0 Å². The van der Waals surface area contributed by atoms with Gasteiger partial charge < -0.3 is 9.47 Å². The molecule has 0 aromatic rings. The molecule has 1 unspecified atom stereocenters. The number of rotatable bonds is 12. The summed E-state index contributed by atoms with van der Waals surface area (Å²) < 4.78 is 10.4. The fraction of sp³-hybridized carbons (Fsp3) is 0.636. The first-order valence-electron chi connectivity index (χ1n) is 10.1. The lowest BCUT2D eigenvalue weighted by Crippen LogP contribution is -2.25. The standard InChI is InChI=1S/C22H34O4/c1-3-5-7-9-13-17-25-21(23)19-15-11-12-16-20(19)22(24)26-18-14-10-8-6-4-2/h13-15,17-18,20H,3-12,16H2,1-2H3/b17-13+,18-14+. The van der Waals surface area contributed by atoms with Crippen molar-refractivity contribution in [3.05, 3.63) is 36.3 Å². The van der Waals surface area contributed by atoms with Gasteiger partial charge in [0.1, 0.15) is 0 Å². The number of hydrogen-bond donors (Lipinski definition) is 0. The van der Waals surface area contributed by atoms with E-state index in [4.69, 9.17) is 9.47 Å². The molecule has 1 atom stereocenters. The number of carbonyl (C=O) groups is 2. The monoisotopic (exact) mass is 362 g/mol. The zero-order valence-corrected chi connectivity index (χ0v) is 16.4. The number of carbonyl (C=O) groups excluding carboxylic acids is 2. The van der Waals surface area contributed by atoms with E-state index in [0.29, 0.717) is 12.0 Å². The normalized spacial score (nSPS) is 17.5. The largest absolute Gasteiger partial charge is 0.434 e. The van der Waals surface area contributed by atoms with Gasteiger partial charge in [0.15, 0.2) is 0 Å². The molecule has 0 aromatic heterocycles. The lowest BCUT2D eigenvalue weighted by atomic mass is 9.88. The second-order valence-corrected chi connectivity index (χ2v) is 6.72. The molecule has 0 aliphatic heterocycles. The molecule has 1 aliphatic carbocycles. The molecule has 0 aromatic carbocycles. The highest BCUT2D eigenvalue weighted by Gasteiger charge is 2.31. The molecule has 1 aliphatic rings. The zero-order valence-electron chi connectivity index (χ0n) is 16.4. The fourth-order valence-corrected chi connectivity index (χ4v) is 2.88. The molecule has 0 spiro atoms. The minimum atomic E-state index is -0.523. The number of hydrogen-bond acceptors (Lipinski definition) is 4. The molecule has 0 heterocycles. The van der Waals surface area contributed by atoms with Gasteiger partial charge in [-0.15, -0.1) is 0 Å². The van der Waals surface area contributed by atoms with Crippen molar-refractivity contribution >= 4 is 11.9 Å². The van der Waals surface area contributed by atoms with Crippen molar-refractivity contribution < 1.29 is 19.1 Å². The van der Waals surface area contributed by atoms with Gasteiger partial charge >= 0.3 is 11.9 Å². The maximum Gasteiger partial charge on any atom is 0.339 e. The number of ether oxygens (including phenoxy) is 2. The first-order valence-corrected chi connectivity index (χ1v) is 10.1. The van der Waals surface area contributed by atoms with Crippen LogP contribution in [0.2, 0.25) is 0 Å². The average Bonchev–Trinajstić information content (AvgIpc) is 2.67. The molecule has 0 N–H and O–H groups in total. The third kappa shape index (κ3) is 9.02. The smallest absolute Gasteiger partial charge is 0.339 e. The summed E-state index contributed by atoms with van der Waals surface area (Å²) in [5.74, 6) is -1.33. The summed E-state index contributed by atoms with van der Waals surface area (Å²) in [6.07, 6.45) is 19.4. The lowest BCUT2D eigenvalue weighted by molar-refractivity contribution is -0.145. The Bertz CT molecular complexity index is 502. The third-order valence-electron chi connectivity index (χ3n) is 4.46. The lowest BCUT2D eigenvalue weighted by Gasteiger charge is -2.20. The van der Waals surface area contributed by atoms with Crippen molar-refractivity contribution in [3.8, 4) is 0 Å². The van der Waals surface area contributed by atoms with E-state index >= 15 is 0 Å². The van der Waals surface area contributed by atoms with Crippen LogP contribution >= 0.6 is 0 Å². The van der Waals surface area contributed by atoms with Gasteiger partial charge in [-0.1, -0.05) is 45.6 Å². The molecule has 4 nitrogen and oxygen atoms in total. The quantitative estimate of drug-likeness (QED) is 0.243. The number of allylic oxidation sites excluding steroid dienone is 3. The van der Waals surface area contributed by atoms with Gasteiger partial charge in [-0.05, 0) is 57.1 Å². The summed E-state index contributed by atoms with van der Waals surface area (Å²) >= 11 is 0. The maximum absolute atomic E-state index is 12.3. The minimum absolute atomic E-state index is 0.369. The van der Waals surface area contributed by atoms with E-state index < -0.39 is 11.9 Å². The van der Waals surface area contributed by atoms with E-state index in [1.54, 1.807) is 0 Å². The van der Waals surface area contributed by atoms with Gasteiger partial charge in [-0.2, -0.15) is 0 Å². The van der Waals surface area contributed by atoms with Gasteiger partial charge in [0.25, 0.3) is 0 Å². The van der Waals surface area contributed by atoms with Gasteiger partial charge in [-0.3, -0.25) is 4.79 Å². The Kier molecular flexibility index (Phi) is 12.2. The van der Waals surface area contributed by atoms with Crippen LogP contribution in [0, 0.1) is 5.92 Å². The summed E-state index contributed by atoms with van der Waals surface area (Å²) in [4.78, 5) is 24.6. The van der Waals surface area contributed by atoms with Crippen LogP contribution in [-0.2, 0) is 19.1 Å². The molecule has 0 bridgehead atoms. The molecule has 146 valence electrons. The Labute approximate surface area is 158 Å². The van der Waals surface area contributed by atoms with Crippen LogP contribution in [0.5, 0.6) is 0 Å². The predicted octanol–water partition coefficient (Wildman–Crippen LogP) is 5.99. The van der Waals surface area contributed by atoms with E-state index in [1.807, 2.05) is 18.2 Å². The highest BCUT2D eigenvalue weighted by atomic mass is 16.5. The van der Waals surface area contributed by atoms with Crippen molar-refractivity contribution in [1.29, 1.82) is 0 Å². The average molecular weight is 363 g/mol. The Balaban J connectivity index is 2.46. The molecule has 0 radical (unpaired) electrons. The van der Waals surface area contributed by atoms with Crippen LogP contribution in [0.25, 0.3) is 0 Å². The molecular weight excluding hydrogens is 328 g/mol. The summed E-state index contributed by atoms with van der Waals surface area (Å²) in [6.45, 7) is 4.30. The highest BCUT2D eigenvalue weighted by molar-refractivity contribution is 5.96. The maximum atomic E-state index is 12.3. The van der Waals surface area contributed by atoms with E-state index in [9.17, 15) is 9.59 Å². The SMILES string of the molecule is CCCCC/C=C/OC(=O)C1=CCCCC1C(=O)O/C=C/CCCCC. The van der Waals surface area contributed by atoms with Crippen LogP contribution < -0.4 is 0 Å². The van der Waals surface area contributed by atoms with Gasteiger partial charge in [-0.25, -0.2) is 4.79 Å². The second-order valence-electron chi connectivity index (χ2n) is 6.72. The molecular formula is C22H34O4. The summed E-state index contributed by atoms with van der Waals surface area (Å²) in [5, 5.41) is 0. The van der Waals surface area contributed by atoms with Gasteiger partial charge in [0.2, 0.25) is 0 Å². The minimum Gasteiger partial charge on any atom is -0.434 e. The zero-order chi connectivity index (χ0) is 19.0. The van der Waals surface area contributed by atoms with Crippen molar-refractivity contribution in [2.75, 3.05) is 0 Å². The van der Waals surface area contributed by atoms with E-state index in [2.05, 4.69) is 13.8 Å². The van der Waals surface area contributed by atoms with Crippen molar-refractivity contribution in [2.24, 2.45) is 5.92 Å². The molecule has 0 saturated carbocycles. The Morgan fingerprint density at radius 2 is 1.62 bits per heavy atom. The van der Waals surface area contributed by atoms with E-state index in [0.717, 1.165) is 44.9 Å². The molecule has 4 heteroatoms. The fourth-order valence-electron chi connectivity index (χ4n) is 2.88. The Hall–Kier alpha value is -1.84.